The van der Waals surface area contributed by atoms with Gasteiger partial charge in [-0.25, -0.2) is 0 Å². The molecule has 8 heavy (non-hydrogen) atoms. The SMILES string of the molecule is N=CC(C=N)S(=O)[O-]. The van der Waals surface area contributed by atoms with Gasteiger partial charge in [0.15, 0.2) is 0 Å². The molecule has 0 heterocycles. The monoisotopic (exact) mass is 133 g/mol. The highest BCUT2D eigenvalue weighted by atomic mass is 32.2. The molecule has 4 nitrogen and oxygen atoms in total. The first-order valence-electron chi connectivity index (χ1n) is 1.81. The average molecular weight is 133 g/mol. The summed E-state index contributed by atoms with van der Waals surface area (Å²) in [6.45, 7) is 0. The Morgan fingerprint density at radius 2 is 1.88 bits per heavy atom. The Hall–Kier alpha value is -0.550. The molecular formula is C3H5N2O2S-. The Bertz CT molecular complexity index is 116. The zero-order chi connectivity index (χ0) is 6.57. The van der Waals surface area contributed by atoms with Crippen LogP contribution < -0.4 is 0 Å². The Labute approximate surface area is 49.2 Å². The van der Waals surface area contributed by atoms with Crippen molar-refractivity contribution >= 4 is 23.5 Å². The van der Waals surface area contributed by atoms with E-state index in [4.69, 9.17) is 10.8 Å². The van der Waals surface area contributed by atoms with Gasteiger partial charge in [-0.15, -0.1) is 0 Å². The number of rotatable bonds is 3. The number of nitrogens with one attached hydrogen (secondary N) is 2. The van der Waals surface area contributed by atoms with Crippen LogP contribution in [0.15, 0.2) is 0 Å². The first kappa shape index (κ1) is 7.45. The lowest BCUT2D eigenvalue weighted by molar-refractivity contribution is 0.538. The van der Waals surface area contributed by atoms with Crippen molar-refractivity contribution in [2.24, 2.45) is 0 Å². The molecule has 0 aliphatic heterocycles. The molecule has 2 N–H and O–H groups in total. The Balaban J connectivity index is 3.88. The van der Waals surface area contributed by atoms with E-state index < -0.39 is 16.3 Å². The summed E-state index contributed by atoms with van der Waals surface area (Å²) in [5, 5.41) is 11.8. The summed E-state index contributed by atoms with van der Waals surface area (Å²) >= 11 is -2.34. The minimum atomic E-state index is -2.34. The van der Waals surface area contributed by atoms with Crippen molar-refractivity contribution < 1.29 is 8.76 Å². The van der Waals surface area contributed by atoms with E-state index in [0.717, 1.165) is 0 Å². The summed E-state index contributed by atoms with van der Waals surface area (Å²) in [6, 6.07) is 0. The van der Waals surface area contributed by atoms with E-state index in [0.29, 0.717) is 12.4 Å². The van der Waals surface area contributed by atoms with Crippen molar-refractivity contribution in [3.8, 4) is 0 Å². The van der Waals surface area contributed by atoms with Crippen LogP contribution >= 0.6 is 0 Å². The molecule has 0 bridgehead atoms. The summed E-state index contributed by atoms with van der Waals surface area (Å²) in [4.78, 5) is 0. The van der Waals surface area contributed by atoms with Gasteiger partial charge in [-0.05, 0) is 11.1 Å². The van der Waals surface area contributed by atoms with Gasteiger partial charge in [0.25, 0.3) is 0 Å². The van der Waals surface area contributed by atoms with Gasteiger partial charge in [0.05, 0.1) is 5.25 Å². The van der Waals surface area contributed by atoms with Crippen LogP contribution in [0.4, 0.5) is 0 Å². The molecule has 0 radical (unpaired) electrons. The van der Waals surface area contributed by atoms with E-state index >= 15 is 0 Å². The molecule has 0 aromatic heterocycles. The molecule has 0 aromatic rings. The molecule has 0 rings (SSSR count). The summed E-state index contributed by atoms with van der Waals surface area (Å²) in [5.74, 6) is 0. The first-order valence-corrected chi connectivity index (χ1v) is 2.95. The third-order valence-corrected chi connectivity index (χ3v) is 1.27. The molecule has 0 fully saturated rings. The van der Waals surface area contributed by atoms with E-state index in [1.807, 2.05) is 0 Å². The van der Waals surface area contributed by atoms with E-state index in [9.17, 15) is 8.76 Å². The van der Waals surface area contributed by atoms with Gasteiger partial charge in [0.1, 0.15) is 0 Å². The van der Waals surface area contributed by atoms with Crippen molar-refractivity contribution in [2.45, 2.75) is 5.25 Å². The van der Waals surface area contributed by atoms with E-state index in [1.165, 1.54) is 0 Å². The first-order chi connectivity index (χ1) is 3.72. The molecule has 0 saturated carbocycles. The lowest BCUT2D eigenvalue weighted by Gasteiger charge is -2.06. The molecule has 46 valence electrons. The maximum absolute atomic E-state index is 9.86. The zero-order valence-electron chi connectivity index (χ0n) is 3.96. The zero-order valence-corrected chi connectivity index (χ0v) is 4.77. The average Bonchev–Trinajstić information content (AvgIpc) is 1.69. The molecule has 1 unspecified atom stereocenters. The molecule has 0 aliphatic carbocycles. The third kappa shape index (κ3) is 1.94. The minimum Gasteiger partial charge on any atom is -0.772 e. The van der Waals surface area contributed by atoms with Gasteiger partial charge < -0.3 is 15.4 Å². The highest BCUT2D eigenvalue weighted by molar-refractivity contribution is 7.81. The highest BCUT2D eigenvalue weighted by Gasteiger charge is 1.96. The molecular weight excluding hydrogens is 128 g/mol. The third-order valence-electron chi connectivity index (χ3n) is 0.551. The lowest BCUT2D eigenvalue weighted by atomic mass is 10.5. The van der Waals surface area contributed by atoms with Crippen LogP contribution in [0.1, 0.15) is 0 Å². The Morgan fingerprint density at radius 1 is 1.50 bits per heavy atom. The maximum atomic E-state index is 9.86. The van der Waals surface area contributed by atoms with Crippen molar-refractivity contribution in [1.29, 1.82) is 10.8 Å². The van der Waals surface area contributed by atoms with Crippen molar-refractivity contribution in [3.63, 3.8) is 0 Å². The fourth-order valence-corrected chi connectivity index (χ4v) is 0.381. The Kier molecular flexibility index (Phi) is 3.21. The van der Waals surface area contributed by atoms with E-state index in [1.54, 1.807) is 0 Å². The van der Waals surface area contributed by atoms with Crippen LogP contribution in [0, 0.1) is 10.8 Å². The van der Waals surface area contributed by atoms with Crippen molar-refractivity contribution in [3.05, 3.63) is 0 Å². The van der Waals surface area contributed by atoms with Crippen LogP contribution in [0.2, 0.25) is 0 Å². The Morgan fingerprint density at radius 3 is 1.88 bits per heavy atom. The predicted molar refractivity (Wildman–Crippen MR) is 30.3 cm³/mol. The largest absolute Gasteiger partial charge is 0.772 e. The minimum absolute atomic E-state index is 0.691. The van der Waals surface area contributed by atoms with Crippen molar-refractivity contribution in [1.82, 2.24) is 0 Å². The quantitative estimate of drug-likeness (QED) is 0.402. The molecule has 0 amide bonds. The summed E-state index contributed by atoms with van der Waals surface area (Å²) < 4.78 is 19.7. The fourth-order valence-electron chi connectivity index (χ4n) is 0.159. The smallest absolute Gasteiger partial charge is 0.0905 e. The number of hydrogen-bond acceptors (Lipinski definition) is 4. The normalized spacial score (nSPS) is 16.6. The molecule has 0 spiro atoms. The van der Waals surface area contributed by atoms with E-state index in [2.05, 4.69) is 0 Å². The van der Waals surface area contributed by atoms with Gasteiger partial charge in [-0.2, -0.15) is 0 Å². The highest BCUT2D eigenvalue weighted by Crippen LogP contribution is 1.81. The van der Waals surface area contributed by atoms with Crippen LogP contribution in [0.5, 0.6) is 0 Å². The van der Waals surface area contributed by atoms with Gasteiger partial charge in [0, 0.05) is 12.4 Å². The molecule has 0 saturated heterocycles. The van der Waals surface area contributed by atoms with Gasteiger partial charge >= 0.3 is 0 Å². The molecule has 0 aliphatic rings. The van der Waals surface area contributed by atoms with Crippen molar-refractivity contribution in [2.75, 3.05) is 0 Å². The van der Waals surface area contributed by atoms with Gasteiger partial charge in [0.2, 0.25) is 0 Å². The van der Waals surface area contributed by atoms with Crippen LogP contribution in [-0.4, -0.2) is 26.4 Å². The van der Waals surface area contributed by atoms with Crippen LogP contribution in [0.3, 0.4) is 0 Å². The number of hydrogen-bond donors (Lipinski definition) is 2. The van der Waals surface area contributed by atoms with E-state index in [-0.39, 0.29) is 0 Å². The standard InChI is InChI=1S/C3H6N2O2S/c4-1-3(2-5)8(6)7/h1-5H,(H,6,7)/p-1. The summed E-state index contributed by atoms with van der Waals surface area (Å²) in [7, 11) is 0. The second-order valence-corrected chi connectivity index (χ2v) is 2.12. The van der Waals surface area contributed by atoms with Gasteiger partial charge in [-0.3, -0.25) is 4.21 Å². The van der Waals surface area contributed by atoms with Crippen LogP contribution in [-0.2, 0) is 11.1 Å². The predicted octanol–water partition coefficient (Wildman–Crippen LogP) is -0.467. The second-order valence-electron chi connectivity index (χ2n) is 1.06. The molecule has 0 aromatic carbocycles. The lowest BCUT2D eigenvalue weighted by Crippen LogP contribution is -2.16. The summed E-state index contributed by atoms with van der Waals surface area (Å²) in [6.07, 6.45) is 1.38. The topological polar surface area (TPSA) is 87.8 Å². The van der Waals surface area contributed by atoms with Gasteiger partial charge in [-0.1, -0.05) is 0 Å². The second kappa shape index (κ2) is 3.45. The maximum Gasteiger partial charge on any atom is 0.0905 e. The molecule has 5 heteroatoms. The molecule has 1 atom stereocenters. The van der Waals surface area contributed by atoms with Crippen LogP contribution in [0.25, 0.3) is 0 Å². The summed E-state index contributed by atoms with van der Waals surface area (Å²) in [5.41, 5.74) is 0. The fraction of sp³-hybridized carbons (Fsp3) is 0.333.